The Morgan fingerprint density at radius 1 is 1.07 bits per heavy atom. The molecule has 0 radical (unpaired) electrons. The lowest BCUT2D eigenvalue weighted by Crippen LogP contribution is -2.43. The predicted octanol–water partition coefficient (Wildman–Crippen LogP) is 6.33. The first-order valence-corrected chi connectivity index (χ1v) is 15.4. The number of hydrogen-bond donors (Lipinski definition) is 2. The second-order valence-electron chi connectivity index (χ2n) is 11.8. The van der Waals surface area contributed by atoms with Crippen molar-refractivity contribution in [3.63, 3.8) is 0 Å². The average molecular weight is 598 g/mol. The van der Waals surface area contributed by atoms with Gasteiger partial charge >= 0.3 is 11.9 Å². The zero-order valence-electron chi connectivity index (χ0n) is 26.8. The maximum absolute atomic E-state index is 13.2. The number of ether oxygens (including phenoxy) is 3. The van der Waals surface area contributed by atoms with Gasteiger partial charge in [-0.1, -0.05) is 62.6 Å². The van der Waals surface area contributed by atoms with Gasteiger partial charge in [-0.2, -0.15) is 0 Å². The summed E-state index contributed by atoms with van der Waals surface area (Å²) in [5.41, 5.74) is 4.09. The molecule has 0 aromatic carbocycles. The van der Waals surface area contributed by atoms with Gasteiger partial charge in [-0.25, -0.2) is 4.79 Å². The first-order chi connectivity index (χ1) is 20.4. The number of rotatable bonds is 3. The minimum absolute atomic E-state index is 0.0249. The Balaban J connectivity index is 2.54. The summed E-state index contributed by atoms with van der Waals surface area (Å²) in [4.78, 5) is 39.2. The molecule has 0 aromatic heterocycles. The zero-order chi connectivity index (χ0) is 31.9. The van der Waals surface area contributed by atoms with Gasteiger partial charge in [0, 0.05) is 31.2 Å². The van der Waals surface area contributed by atoms with Crippen molar-refractivity contribution >= 4 is 17.8 Å². The standard InChI is InChI=1S/C35H51NO7/c1-8-9-15-31-27(6)34(39)35(40)36-28-13-11-10-12-14-29(41-7)21-26(5)25(4)17-16-23(2)18-30(42-33(38)22-28)19-24(3)20-32(37)43-31/h9,15-17,19,22,27,29-31,34,39H,5,8,10-14,18,20-21H2,1-4,6-7H3,(H,36,40)/b15-9-,23-16+,24-19-,25-17+,28-22-. The fraction of sp³-hybridized carbons (Fsp3) is 0.571. The summed E-state index contributed by atoms with van der Waals surface area (Å²) >= 11 is 0. The van der Waals surface area contributed by atoms with Crippen molar-refractivity contribution in [2.45, 2.75) is 117 Å². The van der Waals surface area contributed by atoms with Crippen molar-refractivity contribution in [3.05, 3.63) is 71.0 Å². The number of carbonyl (C=O) groups excluding carboxylic acids is 3. The van der Waals surface area contributed by atoms with E-state index in [1.54, 1.807) is 33.1 Å². The molecule has 5 atom stereocenters. The molecule has 43 heavy (non-hydrogen) atoms. The number of hydrogen-bond acceptors (Lipinski definition) is 7. The maximum Gasteiger partial charge on any atom is 0.333 e. The van der Waals surface area contributed by atoms with Gasteiger partial charge < -0.3 is 24.6 Å². The fourth-order valence-corrected chi connectivity index (χ4v) is 5.04. The first-order valence-electron chi connectivity index (χ1n) is 15.4. The normalized spacial score (nSPS) is 33.1. The molecule has 2 aliphatic heterocycles. The molecule has 0 aromatic rings. The third-order valence-corrected chi connectivity index (χ3v) is 7.83. The van der Waals surface area contributed by atoms with Crippen LogP contribution in [0.25, 0.3) is 0 Å². The number of nitrogens with one attached hydrogen (secondary N) is 1. The molecule has 8 nitrogen and oxygen atoms in total. The summed E-state index contributed by atoms with van der Waals surface area (Å²) in [6, 6.07) is 0. The number of allylic oxidation sites excluding steroid dienone is 5. The van der Waals surface area contributed by atoms with Crippen LogP contribution in [-0.4, -0.2) is 54.5 Å². The van der Waals surface area contributed by atoms with Crippen LogP contribution in [-0.2, 0) is 28.6 Å². The highest BCUT2D eigenvalue weighted by molar-refractivity contribution is 5.87. The number of amides is 1. The van der Waals surface area contributed by atoms with Crippen LogP contribution in [0.4, 0.5) is 0 Å². The lowest BCUT2D eigenvalue weighted by Gasteiger charge is -2.25. The number of fused-ring (bicyclic) bond motifs is 3. The number of aliphatic hydroxyl groups excluding tert-OH is 1. The Morgan fingerprint density at radius 2 is 1.81 bits per heavy atom. The van der Waals surface area contributed by atoms with Gasteiger partial charge in [0.1, 0.15) is 18.3 Å². The van der Waals surface area contributed by atoms with Crippen molar-refractivity contribution in [2.75, 3.05) is 7.11 Å². The van der Waals surface area contributed by atoms with Crippen molar-refractivity contribution in [1.82, 2.24) is 5.32 Å². The first kappa shape index (κ1) is 36.0. The third kappa shape index (κ3) is 12.9. The van der Waals surface area contributed by atoms with Gasteiger partial charge in [0.25, 0.3) is 5.91 Å². The third-order valence-electron chi connectivity index (χ3n) is 7.83. The van der Waals surface area contributed by atoms with Crippen molar-refractivity contribution in [2.24, 2.45) is 5.92 Å². The van der Waals surface area contributed by atoms with Crippen LogP contribution in [0.2, 0.25) is 0 Å². The summed E-state index contributed by atoms with van der Waals surface area (Å²) in [7, 11) is 1.72. The van der Waals surface area contributed by atoms with Crippen LogP contribution in [0.15, 0.2) is 71.0 Å². The van der Waals surface area contributed by atoms with Gasteiger partial charge in [-0.15, -0.1) is 0 Å². The van der Waals surface area contributed by atoms with Crippen molar-refractivity contribution in [3.8, 4) is 0 Å². The number of cyclic esters (lactones) is 1. The van der Waals surface area contributed by atoms with Crippen molar-refractivity contribution < 1.29 is 33.7 Å². The van der Waals surface area contributed by atoms with E-state index in [1.807, 2.05) is 39.0 Å². The molecule has 0 saturated carbocycles. The van der Waals surface area contributed by atoms with Crippen LogP contribution in [0, 0.1) is 5.92 Å². The highest BCUT2D eigenvalue weighted by Crippen LogP contribution is 2.23. The highest BCUT2D eigenvalue weighted by Gasteiger charge is 2.31. The smallest absolute Gasteiger partial charge is 0.333 e. The molecule has 1 amide bonds. The van der Waals surface area contributed by atoms with Crippen molar-refractivity contribution in [1.29, 1.82) is 0 Å². The van der Waals surface area contributed by atoms with Gasteiger partial charge in [0.05, 0.1) is 12.5 Å². The molecule has 2 aliphatic rings. The molecule has 2 heterocycles. The molecule has 238 valence electrons. The molecule has 5 unspecified atom stereocenters. The van der Waals surface area contributed by atoms with E-state index >= 15 is 0 Å². The lowest BCUT2D eigenvalue weighted by molar-refractivity contribution is -0.152. The Bertz CT molecular complexity index is 1140. The second-order valence-corrected chi connectivity index (χ2v) is 11.8. The average Bonchev–Trinajstić information content (AvgIpc) is 2.94. The Morgan fingerprint density at radius 3 is 2.51 bits per heavy atom. The van der Waals surface area contributed by atoms with E-state index in [4.69, 9.17) is 14.2 Å². The maximum atomic E-state index is 13.2. The highest BCUT2D eigenvalue weighted by atomic mass is 16.5. The summed E-state index contributed by atoms with van der Waals surface area (Å²) in [6.45, 7) is 13.6. The molecular weight excluding hydrogens is 546 g/mol. The minimum Gasteiger partial charge on any atom is -0.457 e. The molecule has 0 spiro atoms. The van der Waals surface area contributed by atoms with Gasteiger partial charge in [-0.3, -0.25) is 9.59 Å². The summed E-state index contributed by atoms with van der Waals surface area (Å²) in [5, 5.41) is 13.7. The predicted molar refractivity (Wildman–Crippen MR) is 169 cm³/mol. The van der Waals surface area contributed by atoms with E-state index in [0.29, 0.717) is 37.0 Å². The van der Waals surface area contributed by atoms with E-state index in [2.05, 4.69) is 11.9 Å². The Labute approximate surface area is 257 Å². The van der Waals surface area contributed by atoms with Crippen LogP contribution in [0.5, 0.6) is 0 Å². The summed E-state index contributed by atoms with van der Waals surface area (Å²) in [5.74, 6) is -2.50. The Kier molecular flexibility index (Phi) is 15.4. The van der Waals surface area contributed by atoms with Crippen LogP contribution in [0.1, 0.15) is 92.4 Å². The largest absolute Gasteiger partial charge is 0.457 e. The minimum atomic E-state index is -1.47. The molecule has 0 aliphatic carbocycles. The van der Waals surface area contributed by atoms with Gasteiger partial charge in [0.15, 0.2) is 0 Å². The van der Waals surface area contributed by atoms with Gasteiger partial charge in [-0.05, 0) is 76.2 Å². The van der Waals surface area contributed by atoms with E-state index < -0.39 is 42.1 Å². The number of methoxy groups -OCH3 is 1. The monoisotopic (exact) mass is 597 g/mol. The SMILES string of the molecule is C=C1CC(OC)CCCCC/C2=C/C(=O)OC(/C=C(/C)CC(=O)OC(/C=C\CC)C(C)C(O)C(=O)N2)C/C(C)=C/C=C/1C. The Hall–Kier alpha value is -3.23. The second kappa shape index (κ2) is 18.4. The zero-order valence-corrected chi connectivity index (χ0v) is 26.8. The lowest BCUT2D eigenvalue weighted by atomic mass is 9.96. The summed E-state index contributed by atoms with van der Waals surface area (Å²) in [6.07, 6.45) is 13.3. The molecule has 2 rings (SSSR count). The van der Waals surface area contributed by atoms with E-state index in [0.717, 1.165) is 42.4 Å². The molecule has 2 N–H and O–H groups in total. The number of esters is 2. The molecule has 2 bridgehead atoms. The van der Waals surface area contributed by atoms with Gasteiger partial charge in [0.2, 0.25) is 0 Å². The number of carbonyl (C=O) groups is 3. The van der Waals surface area contributed by atoms with E-state index in [-0.39, 0.29) is 12.5 Å². The van der Waals surface area contributed by atoms with Crippen LogP contribution < -0.4 is 5.32 Å². The fourth-order valence-electron chi connectivity index (χ4n) is 5.04. The quantitative estimate of drug-likeness (QED) is 0.289. The van der Waals surface area contributed by atoms with Crippen LogP contribution >= 0.6 is 0 Å². The summed E-state index contributed by atoms with van der Waals surface area (Å²) < 4.78 is 17.3. The number of aliphatic hydroxyl groups is 1. The van der Waals surface area contributed by atoms with E-state index in [9.17, 15) is 19.5 Å². The molecule has 0 saturated heterocycles. The van der Waals surface area contributed by atoms with Crippen LogP contribution in [0.3, 0.4) is 0 Å². The van der Waals surface area contributed by atoms with E-state index in [1.165, 1.54) is 6.08 Å². The molecule has 0 fully saturated rings. The molecular formula is C35H51NO7. The topological polar surface area (TPSA) is 111 Å². The molecule has 8 heteroatoms.